The van der Waals surface area contributed by atoms with Crippen LogP contribution in [0.4, 0.5) is 0 Å². The van der Waals surface area contributed by atoms with Crippen molar-refractivity contribution in [1.82, 2.24) is 10.6 Å². The SMILES string of the molecule is O=C(O)[C@H](O)[C@@H](O)C(=O)O.c1ccc(CC23CNCC2CCCN3)cc1. The lowest BCUT2D eigenvalue weighted by Crippen LogP contribution is -2.56. The number of piperidine rings is 1. The van der Waals surface area contributed by atoms with Crippen molar-refractivity contribution in [1.29, 1.82) is 0 Å². The Bertz CT molecular complexity index is 593. The van der Waals surface area contributed by atoms with Crippen LogP contribution in [0.3, 0.4) is 0 Å². The molecule has 8 nitrogen and oxygen atoms in total. The second-order valence-electron chi connectivity index (χ2n) is 6.78. The fourth-order valence-corrected chi connectivity index (χ4v) is 3.58. The molecular weight excluding hydrogens is 340 g/mol. The number of aliphatic hydroxyl groups excluding tert-OH is 2. The van der Waals surface area contributed by atoms with E-state index < -0.39 is 24.1 Å². The number of hydrogen-bond donors (Lipinski definition) is 6. The molecule has 0 radical (unpaired) electrons. The Kier molecular flexibility index (Phi) is 7.10. The Balaban J connectivity index is 0.000000213. The van der Waals surface area contributed by atoms with E-state index in [2.05, 4.69) is 41.0 Å². The summed E-state index contributed by atoms with van der Waals surface area (Å²) in [6.45, 7) is 3.51. The average molecular weight is 366 g/mol. The minimum Gasteiger partial charge on any atom is -0.479 e. The Labute approximate surface area is 151 Å². The van der Waals surface area contributed by atoms with Crippen LogP contribution in [0.5, 0.6) is 0 Å². The van der Waals surface area contributed by atoms with Crippen molar-refractivity contribution < 1.29 is 30.0 Å². The summed E-state index contributed by atoms with van der Waals surface area (Å²) in [5, 5.41) is 39.9. The van der Waals surface area contributed by atoms with Crippen LogP contribution in [0.2, 0.25) is 0 Å². The number of aliphatic carboxylic acids is 2. The van der Waals surface area contributed by atoms with Gasteiger partial charge in [0.15, 0.2) is 12.2 Å². The Hall–Kier alpha value is -2.00. The van der Waals surface area contributed by atoms with Gasteiger partial charge in [-0.2, -0.15) is 0 Å². The van der Waals surface area contributed by atoms with Gasteiger partial charge in [0, 0.05) is 12.1 Å². The number of rotatable bonds is 5. The molecule has 0 aliphatic carbocycles. The molecule has 8 heteroatoms. The molecule has 26 heavy (non-hydrogen) atoms. The lowest BCUT2D eigenvalue weighted by atomic mass is 9.77. The van der Waals surface area contributed by atoms with Gasteiger partial charge in [-0.05, 0) is 43.8 Å². The number of aliphatic hydroxyl groups is 2. The van der Waals surface area contributed by atoms with Crippen molar-refractivity contribution in [3.63, 3.8) is 0 Å². The largest absolute Gasteiger partial charge is 0.479 e. The van der Waals surface area contributed by atoms with Crippen molar-refractivity contribution >= 4 is 11.9 Å². The first-order chi connectivity index (χ1) is 12.4. The molecule has 4 atom stereocenters. The summed E-state index contributed by atoms with van der Waals surface area (Å²) >= 11 is 0. The Morgan fingerprint density at radius 3 is 2.31 bits per heavy atom. The summed E-state index contributed by atoms with van der Waals surface area (Å²) in [4.78, 5) is 19.5. The highest BCUT2D eigenvalue weighted by Gasteiger charge is 2.43. The summed E-state index contributed by atoms with van der Waals surface area (Å²) in [6.07, 6.45) is -0.642. The zero-order valence-electron chi connectivity index (χ0n) is 14.5. The van der Waals surface area contributed by atoms with E-state index in [9.17, 15) is 9.59 Å². The maximum atomic E-state index is 9.77. The van der Waals surface area contributed by atoms with Crippen LogP contribution in [-0.2, 0) is 16.0 Å². The fourth-order valence-electron chi connectivity index (χ4n) is 3.58. The van der Waals surface area contributed by atoms with Crippen molar-refractivity contribution in [3.05, 3.63) is 35.9 Å². The number of carboxylic acids is 2. The van der Waals surface area contributed by atoms with Crippen LogP contribution in [0.15, 0.2) is 30.3 Å². The molecule has 2 fully saturated rings. The molecule has 3 rings (SSSR count). The predicted molar refractivity (Wildman–Crippen MR) is 93.8 cm³/mol. The molecule has 2 unspecified atom stereocenters. The highest BCUT2D eigenvalue weighted by molar-refractivity contribution is 5.83. The van der Waals surface area contributed by atoms with Crippen LogP contribution < -0.4 is 10.6 Å². The highest BCUT2D eigenvalue weighted by atomic mass is 16.4. The van der Waals surface area contributed by atoms with Crippen LogP contribution in [-0.4, -0.2) is 69.7 Å². The minimum atomic E-state index is -2.27. The maximum Gasteiger partial charge on any atom is 0.335 e. The van der Waals surface area contributed by atoms with Crippen LogP contribution in [0.25, 0.3) is 0 Å². The molecule has 0 bridgehead atoms. The van der Waals surface area contributed by atoms with E-state index in [1.54, 1.807) is 0 Å². The first-order valence-electron chi connectivity index (χ1n) is 8.67. The van der Waals surface area contributed by atoms with Crippen molar-refractivity contribution in [2.75, 3.05) is 19.6 Å². The molecule has 144 valence electrons. The maximum absolute atomic E-state index is 9.77. The molecule has 0 spiro atoms. The van der Waals surface area contributed by atoms with Crippen LogP contribution in [0, 0.1) is 5.92 Å². The highest BCUT2D eigenvalue weighted by Crippen LogP contribution is 2.32. The topological polar surface area (TPSA) is 139 Å². The van der Waals surface area contributed by atoms with Gasteiger partial charge in [0.2, 0.25) is 0 Å². The second-order valence-corrected chi connectivity index (χ2v) is 6.78. The van der Waals surface area contributed by atoms with Gasteiger partial charge in [0.05, 0.1) is 0 Å². The summed E-state index contributed by atoms with van der Waals surface area (Å²) in [7, 11) is 0. The van der Waals surface area contributed by atoms with Gasteiger partial charge in [0.1, 0.15) is 0 Å². The molecule has 1 aromatic carbocycles. The zero-order valence-corrected chi connectivity index (χ0v) is 14.5. The van der Waals surface area contributed by atoms with Crippen LogP contribution >= 0.6 is 0 Å². The van der Waals surface area contributed by atoms with Gasteiger partial charge >= 0.3 is 11.9 Å². The fraction of sp³-hybridized carbons (Fsp3) is 0.556. The van der Waals surface area contributed by atoms with E-state index in [4.69, 9.17) is 20.4 Å². The number of hydrogen-bond acceptors (Lipinski definition) is 6. The van der Waals surface area contributed by atoms with E-state index in [0.717, 1.165) is 12.5 Å². The number of carbonyl (C=O) groups is 2. The lowest BCUT2D eigenvalue weighted by Gasteiger charge is -2.40. The van der Waals surface area contributed by atoms with Gasteiger partial charge in [-0.25, -0.2) is 9.59 Å². The smallest absolute Gasteiger partial charge is 0.335 e. The molecule has 0 amide bonds. The molecule has 2 aliphatic heterocycles. The molecule has 0 saturated carbocycles. The predicted octanol–water partition coefficient (Wildman–Crippen LogP) is -0.552. The molecular formula is C18H26N2O6. The van der Waals surface area contributed by atoms with Gasteiger partial charge in [-0.3, -0.25) is 0 Å². The van der Waals surface area contributed by atoms with Gasteiger partial charge in [0.25, 0.3) is 0 Å². The van der Waals surface area contributed by atoms with Gasteiger partial charge < -0.3 is 31.1 Å². The quantitative estimate of drug-likeness (QED) is 0.408. The summed E-state index contributed by atoms with van der Waals surface area (Å²) < 4.78 is 0. The molecule has 2 aliphatic rings. The second kappa shape index (κ2) is 9.09. The normalized spacial score (nSPS) is 26.8. The molecule has 0 aromatic heterocycles. The van der Waals surface area contributed by atoms with E-state index >= 15 is 0 Å². The first kappa shape index (κ1) is 20.3. The summed E-state index contributed by atoms with van der Waals surface area (Å²) in [5.41, 5.74) is 1.80. The Morgan fingerprint density at radius 1 is 1.12 bits per heavy atom. The van der Waals surface area contributed by atoms with E-state index in [0.29, 0.717) is 5.54 Å². The van der Waals surface area contributed by atoms with Crippen molar-refractivity contribution in [2.45, 2.75) is 37.0 Å². The molecule has 2 heterocycles. The Morgan fingerprint density at radius 2 is 1.73 bits per heavy atom. The van der Waals surface area contributed by atoms with Crippen LogP contribution in [0.1, 0.15) is 18.4 Å². The third-order valence-corrected chi connectivity index (χ3v) is 4.99. The third-order valence-electron chi connectivity index (χ3n) is 4.99. The summed E-state index contributed by atoms with van der Waals surface area (Å²) in [6, 6.07) is 10.9. The minimum absolute atomic E-state index is 0.333. The summed E-state index contributed by atoms with van der Waals surface area (Å²) in [5.74, 6) is -2.72. The molecule has 2 saturated heterocycles. The van der Waals surface area contributed by atoms with Crippen molar-refractivity contribution in [2.24, 2.45) is 5.92 Å². The van der Waals surface area contributed by atoms with E-state index in [1.165, 1.54) is 37.9 Å². The number of fused-ring (bicyclic) bond motifs is 1. The average Bonchev–Trinajstić information content (AvgIpc) is 3.05. The number of benzene rings is 1. The molecule has 6 N–H and O–H groups in total. The van der Waals surface area contributed by atoms with E-state index in [-0.39, 0.29) is 0 Å². The zero-order chi connectivity index (χ0) is 19.2. The van der Waals surface area contributed by atoms with Crippen molar-refractivity contribution in [3.8, 4) is 0 Å². The third kappa shape index (κ3) is 5.01. The first-order valence-corrected chi connectivity index (χ1v) is 8.67. The van der Waals surface area contributed by atoms with Gasteiger partial charge in [-0.1, -0.05) is 30.3 Å². The monoisotopic (exact) mass is 366 g/mol. The van der Waals surface area contributed by atoms with Gasteiger partial charge in [-0.15, -0.1) is 0 Å². The number of carboxylic acid groups (broad SMARTS) is 2. The number of nitrogens with one attached hydrogen (secondary N) is 2. The standard InChI is InChI=1S/C14H20N2.C4H6O6/c1-2-5-12(6-3-1)9-14-11-15-10-13(14)7-4-8-16-14;5-1(3(7)8)2(6)4(9)10/h1-3,5-6,13,15-16H,4,7-11H2;1-2,5-6H,(H,7,8)(H,9,10)/t;1-,2-/m.1/s1. The lowest BCUT2D eigenvalue weighted by molar-refractivity contribution is -0.165. The molecule has 1 aromatic rings. The van der Waals surface area contributed by atoms with E-state index in [1.807, 2.05) is 0 Å².